The van der Waals surface area contributed by atoms with Crippen LogP contribution in [0.5, 0.6) is 0 Å². The van der Waals surface area contributed by atoms with E-state index in [4.69, 9.17) is 4.74 Å². The molecule has 0 aromatic heterocycles. The Morgan fingerprint density at radius 1 is 1.35 bits per heavy atom. The molecule has 1 aromatic carbocycles. The summed E-state index contributed by atoms with van der Waals surface area (Å²) in [4.78, 5) is 36.8. The summed E-state index contributed by atoms with van der Waals surface area (Å²) < 4.78 is 5.10. The molecule has 0 radical (unpaired) electrons. The van der Waals surface area contributed by atoms with Gasteiger partial charge in [0.1, 0.15) is 0 Å². The van der Waals surface area contributed by atoms with Gasteiger partial charge in [0.15, 0.2) is 6.61 Å². The Balaban J connectivity index is 2.09. The predicted molar refractivity (Wildman–Crippen MR) is 97.3 cm³/mol. The van der Waals surface area contributed by atoms with Crippen molar-refractivity contribution in [3.8, 4) is 0 Å². The van der Waals surface area contributed by atoms with Crippen molar-refractivity contribution >= 4 is 23.3 Å². The number of hydrogen-bond acceptors (Lipinski definition) is 6. The fourth-order valence-corrected chi connectivity index (χ4v) is 3.07. The number of carbonyl (C=O) groups excluding carboxylic acids is 2. The zero-order chi connectivity index (χ0) is 19.1. The second-order valence-electron chi connectivity index (χ2n) is 6.49. The molecule has 8 nitrogen and oxygen atoms in total. The highest BCUT2D eigenvalue weighted by molar-refractivity contribution is 5.97. The van der Waals surface area contributed by atoms with Crippen molar-refractivity contribution in [3.05, 3.63) is 33.9 Å². The third kappa shape index (κ3) is 5.18. The minimum Gasteiger partial charge on any atom is -0.452 e. The van der Waals surface area contributed by atoms with Gasteiger partial charge in [0.25, 0.3) is 11.6 Å². The van der Waals surface area contributed by atoms with Crippen LogP contribution in [0, 0.1) is 10.1 Å². The van der Waals surface area contributed by atoms with Crippen molar-refractivity contribution < 1.29 is 19.2 Å². The number of esters is 1. The van der Waals surface area contributed by atoms with E-state index in [0.717, 1.165) is 38.8 Å². The van der Waals surface area contributed by atoms with Crippen LogP contribution in [-0.4, -0.2) is 42.5 Å². The Kier molecular flexibility index (Phi) is 6.94. The van der Waals surface area contributed by atoms with Crippen LogP contribution in [0.2, 0.25) is 0 Å². The third-order valence-corrected chi connectivity index (χ3v) is 4.32. The number of carbonyl (C=O) groups is 2. The second-order valence-corrected chi connectivity index (χ2v) is 6.49. The first-order valence-corrected chi connectivity index (χ1v) is 8.92. The van der Waals surface area contributed by atoms with Gasteiger partial charge < -0.3 is 15.0 Å². The van der Waals surface area contributed by atoms with Crippen LogP contribution in [0.25, 0.3) is 0 Å². The monoisotopic (exact) mass is 363 g/mol. The van der Waals surface area contributed by atoms with E-state index in [1.165, 1.54) is 12.1 Å². The number of anilines is 1. The second kappa shape index (κ2) is 9.17. The van der Waals surface area contributed by atoms with Gasteiger partial charge in [-0.3, -0.25) is 14.9 Å². The van der Waals surface area contributed by atoms with Gasteiger partial charge in [0.2, 0.25) is 0 Å². The van der Waals surface area contributed by atoms with Gasteiger partial charge >= 0.3 is 5.97 Å². The number of ether oxygens (including phenoxy) is 1. The summed E-state index contributed by atoms with van der Waals surface area (Å²) in [5.74, 6) is -1.11. The van der Waals surface area contributed by atoms with E-state index in [1.54, 1.807) is 6.07 Å². The fraction of sp³-hybridized carbons (Fsp3) is 0.556. The van der Waals surface area contributed by atoms with Gasteiger partial charge in [-0.15, -0.1) is 0 Å². The molecule has 1 heterocycles. The number of benzene rings is 1. The maximum Gasteiger partial charge on any atom is 0.341 e. The zero-order valence-corrected chi connectivity index (χ0v) is 15.2. The number of hydrogen-bond donors (Lipinski definition) is 1. The quantitative estimate of drug-likeness (QED) is 0.433. The molecule has 0 spiro atoms. The highest BCUT2D eigenvalue weighted by Crippen LogP contribution is 2.28. The van der Waals surface area contributed by atoms with Crippen LogP contribution in [0.4, 0.5) is 11.4 Å². The van der Waals surface area contributed by atoms with Crippen molar-refractivity contribution in [1.82, 2.24) is 5.32 Å². The molecule has 0 saturated carbocycles. The number of nitrogens with one attached hydrogen (secondary N) is 1. The summed E-state index contributed by atoms with van der Waals surface area (Å²) >= 11 is 0. The average molecular weight is 363 g/mol. The molecular weight excluding hydrogens is 338 g/mol. The molecular formula is C18H25N3O5. The maximum atomic E-state index is 12.5. The molecule has 26 heavy (non-hydrogen) atoms. The van der Waals surface area contributed by atoms with Crippen molar-refractivity contribution in [3.63, 3.8) is 0 Å². The molecule has 1 amide bonds. The Labute approximate surface area is 152 Å². The first kappa shape index (κ1) is 19.7. The van der Waals surface area contributed by atoms with E-state index in [2.05, 4.69) is 5.32 Å². The molecule has 1 saturated heterocycles. The molecule has 1 aliphatic rings. The number of nitro benzene ring substituents is 1. The summed E-state index contributed by atoms with van der Waals surface area (Å²) in [6, 6.07) is 4.17. The van der Waals surface area contributed by atoms with Crippen molar-refractivity contribution in [2.45, 2.75) is 45.6 Å². The molecule has 1 fully saturated rings. The largest absolute Gasteiger partial charge is 0.452 e. The van der Waals surface area contributed by atoms with E-state index < -0.39 is 17.5 Å². The summed E-state index contributed by atoms with van der Waals surface area (Å²) in [6.07, 6.45) is 3.78. The number of amides is 1. The van der Waals surface area contributed by atoms with Crippen LogP contribution < -0.4 is 10.2 Å². The van der Waals surface area contributed by atoms with Crippen LogP contribution in [0.3, 0.4) is 0 Å². The summed E-state index contributed by atoms with van der Waals surface area (Å²) in [6.45, 7) is 5.06. The molecule has 2 rings (SSSR count). The Morgan fingerprint density at radius 2 is 2.04 bits per heavy atom. The van der Waals surface area contributed by atoms with E-state index >= 15 is 0 Å². The minimum atomic E-state index is -0.728. The summed E-state index contributed by atoms with van der Waals surface area (Å²) in [5.41, 5.74) is 0.550. The van der Waals surface area contributed by atoms with Crippen molar-refractivity contribution in [1.29, 1.82) is 0 Å². The zero-order valence-electron chi connectivity index (χ0n) is 15.2. The lowest BCUT2D eigenvalue weighted by Gasteiger charge is -2.20. The van der Waals surface area contributed by atoms with Crippen molar-refractivity contribution in [2.24, 2.45) is 0 Å². The molecule has 1 N–H and O–H groups in total. The average Bonchev–Trinajstić information content (AvgIpc) is 3.13. The van der Waals surface area contributed by atoms with Gasteiger partial charge in [-0.05, 0) is 32.3 Å². The molecule has 0 aliphatic carbocycles. The van der Waals surface area contributed by atoms with Crippen LogP contribution in [0.1, 0.15) is 49.9 Å². The van der Waals surface area contributed by atoms with E-state index in [-0.39, 0.29) is 23.2 Å². The Morgan fingerprint density at radius 3 is 2.65 bits per heavy atom. The van der Waals surface area contributed by atoms with Crippen molar-refractivity contribution in [2.75, 3.05) is 24.6 Å². The lowest BCUT2D eigenvalue weighted by Crippen LogP contribution is -2.35. The van der Waals surface area contributed by atoms with Gasteiger partial charge in [-0.2, -0.15) is 0 Å². The number of nitro groups is 1. The highest BCUT2D eigenvalue weighted by atomic mass is 16.6. The molecule has 1 aromatic rings. The minimum absolute atomic E-state index is 0.00387. The highest BCUT2D eigenvalue weighted by Gasteiger charge is 2.24. The SMILES string of the molecule is CCC[C@@H](C)NC(=O)COC(=O)c1cc([N+](=O)[O-])ccc1N1CCCC1. The first-order valence-electron chi connectivity index (χ1n) is 8.92. The van der Waals surface area contributed by atoms with E-state index in [0.29, 0.717) is 5.69 Å². The topological polar surface area (TPSA) is 102 Å². The molecule has 8 heteroatoms. The van der Waals surface area contributed by atoms with Gasteiger partial charge in [0.05, 0.1) is 16.2 Å². The van der Waals surface area contributed by atoms with Crippen LogP contribution in [0.15, 0.2) is 18.2 Å². The normalized spacial score (nSPS) is 14.8. The molecule has 1 atom stereocenters. The van der Waals surface area contributed by atoms with Crippen LogP contribution >= 0.6 is 0 Å². The third-order valence-electron chi connectivity index (χ3n) is 4.32. The first-order chi connectivity index (χ1) is 12.4. The van der Waals surface area contributed by atoms with E-state index in [9.17, 15) is 19.7 Å². The van der Waals surface area contributed by atoms with Gasteiger partial charge in [0, 0.05) is 31.3 Å². The maximum absolute atomic E-state index is 12.5. The van der Waals surface area contributed by atoms with Gasteiger partial charge in [-0.1, -0.05) is 13.3 Å². The molecule has 1 aliphatic heterocycles. The smallest absolute Gasteiger partial charge is 0.341 e. The summed E-state index contributed by atoms with van der Waals surface area (Å²) in [7, 11) is 0. The molecule has 0 unspecified atom stereocenters. The Hall–Kier alpha value is -2.64. The molecule has 0 bridgehead atoms. The predicted octanol–water partition coefficient (Wildman–Crippen LogP) is 2.66. The van der Waals surface area contributed by atoms with Crippen LogP contribution in [-0.2, 0) is 9.53 Å². The van der Waals surface area contributed by atoms with Gasteiger partial charge in [-0.25, -0.2) is 4.79 Å². The molecule has 142 valence electrons. The summed E-state index contributed by atoms with van der Waals surface area (Å²) in [5, 5.41) is 13.8. The lowest BCUT2D eigenvalue weighted by molar-refractivity contribution is -0.384. The number of rotatable bonds is 8. The Bertz CT molecular complexity index is 671. The fourth-order valence-electron chi connectivity index (χ4n) is 3.07. The van der Waals surface area contributed by atoms with E-state index in [1.807, 2.05) is 18.7 Å². The lowest BCUT2D eigenvalue weighted by atomic mass is 10.1. The number of non-ortho nitro benzene ring substituents is 1. The standard InChI is InChI=1S/C18H25N3O5/c1-3-6-13(2)19-17(22)12-26-18(23)15-11-14(21(24)25)7-8-16(15)20-9-4-5-10-20/h7-8,11,13H,3-6,9-10,12H2,1-2H3,(H,19,22)/t13-/m1/s1. The number of nitrogens with zero attached hydrogens (tertiary/aromatic N) is 2.